The minimum absolute atomic E-state index is 0.0748. The molecule has 1 aromatic carbocycles. The molecular formula is C13H17NO3. The largest absolute Gasteiger partial charge is 0.495 e. The highest BCUT2D eigenvalue weighted by Crippen LogP contribution is 2.25. The van der Waals surface area contributed by atoms with Crippen molar-refractivity contribution in [3.63, 3.8) is 0 Å². The zero-order valence-electron chi connectivity index (χ0n) is 9.94. The molecule has 0 aromatic heterocycles. The molecule has 0 saturated heterocycles. The molecule has 1 aliphatic carbocycles. The fourth-order valence-electron chi connectivity index (χ4n) is 2.09. The molecule has 2 rings (SSSR count). The van der Waals surface area contributed by atoms with Gasteiger partial charge in [-0.05, 0) is 43.9 Å². The second-order valence-electron chi connectivity index (χ2n) is 4.27. The summed E-state index contributed by atoms with van der Waals surface area (Å²) in [7, 11) is 1.54. The zero-order valence-corrected chi connectivity index (χ0v) is 9.94. The SMILES string of the molecule is COc1ccc(C(=O)OC2CCCC2)cc1N. The van der Waals surface area contributed by atoms with Crippen LogP contribution in [0.1, 0.15) is 36.0 Å². The Bertz CT molecular complexity index is 411. The van der Waals surface area contributed by atoms with Crippen LogP contribution in [0.3, 0.4) is 0 Å². The molecule has 1 fully saturated rings. The molecule has 1 aromatic rings. The van der Waals surface area contributed by atoms with E-state index >= 15 is 0 Å². The van der Waals surface area contributed by atoms with Crippen LogP contribution < -0.4 is 10.5 Å². The Morgan fingerprint density at radius 3 is 2.65 bits per heavy atom. The molecule has 0 atom stereocenters. The van der Waals surface area contributed by atoms with Crippen molar-refractivity contribution >= 4 is 11.7 Å². The number of ether oxygens (including phenoxy) is 2. The summed E-state index contributed by atoms with van der Waals surface area (Å²) in [5.74, 6) is 0.272. The Hall–Kier alpha value is -1.71. The molecule has 0 heterocycles. The summed E-state index contributed by atoms with van der Waals surface area (Å²) in [6, 6.07) is 4.95. The van der Waals surface area contributed by atoms with Gasteiger partial charge in [0.2, 0.25) is 0 Å². The molecule has 1 saturated carbocycles. The number of rotatable bonds is 3. The third-order valence-corrected chi connectivity index (χ3v) is 3.04. The number of methoxy groups -OCH3 is 1. The van der Waals surface area contributed by atoms with Crippen LogP contribution in [0.5, 0.6) is 5.75 Å². The molecule has 0 unspecified atom stereocenters. The highest BCUT2D eigenvalue weighted by atomic mass is 16.5. The van der Waals surface area contributed by atoms with Gasteiger partial charge in [0, 0.05) is 0 Å². The van der Waals surface area contributed by atoms with E-state index in [1.54, 1.807) is 25.3 Å². The van der Waals surface area contributed by atoms with E-state index in [2.05, 4.69) is 0 Å². The lowest BCUT2D eigenvalue weighted by Gasteiger charge is -2.12. The number of carbonyl (C=O) groups is 1. The van der Waals surface area contributed by atoms with Crippen LogP contribution in [0.25, 0.3) is 0 Å². The van der Waals surface area contributed by atoms with Crippen molar-refractivity contribution in [2.24, 2.45) is 0 Å². The standard InChI is InChI=1S/C13H17NO3/c1-16-12-7-6-9(8-11(12)14)13(15)17-10-4-2-3-5-10/h6-8,10H,2-5,14H2,1H3. The van der Waals surface area contributed by atoms with Gasteiger partial charge in [0.25, 0.3) is 0 Å². The second kappa shape index (κ2) is 5.08. The molecule has 0 amide bonds. The van der Waals surface area contributed by atoms with Crippen molar-refractivity contribution in [1.29, 1.82) is 0 Å². The minimum atomic E-state index is -0.300. The van der Waals surface area contributed by atoms with Gasteiger partial charge in [0.1, 0.15) is 11.9 Å². The molecule has 4 nitrogen and oxygen atoms in total. The van der Waals surface area contributed by atoms with Crippen molar-refractivity contribution in [3.8, 4) is 5.75 Å². The maximum absolute atomic E-state index is 11.8. The van der Waals surface area contributed by atoms with Crippen molar-refractivity contribution in [2.45, 2.75) is 31.8 Å². The molecule has 2 N–H and O–H groups in total. The number of nitrogens with two attached hydrogens (primary N) is 1. The highest BCUT2D eigenvalue weighted by Gasteiger charge is 2.20. The van der Waals surface area contributed by atoms with Gasteiger partial charge in [-0.3, -0.25) is 0 Å². The van der Waals surface area contributed by atoms with Gasteiger partial charge in [-0.15, -0.1) is 0 Å². The van der Waals surface area contributed by atoms with Gasteiger partial charge in [-0.2, -0.15) is 0 Å². The van der Waals surface area contributed by atoms with E-state index in [1.807, 2.05) is 0 Å². The highest BCUT2D eigenvalue weighted by molar-refractivity contribution is 5.91. The molecule has 0 aliphatic heterocycles. The lowest BCUT2D eigenvalue weighted by molar-refractivity contribution is 0.0318. The maximum Gasteiger partial charge on any atom is 0.338 e. The monoisotopic (exact) mass is 235 g/mol. The fraction of sp³-hybridized carbons (Fsp3) is 0.462. The quantitative estimate of drug-likeness (QED) is 0.645. The van der Waals surface area contributed by atoms with E-state index in [0.29, 0.717) is 17.0 Å². The summed E-state index contributed by atoms with van der Waals surface area (Å²) >= 11 is 0. The summed E-state index contributed by atoms with van der Waals surface area (Å²) in [5.41, 5.74) is 6.68. The molecule has 4 heteroatoms. The topological polar surface area (TPSA) is 61.5 Å². The van der Waals surface area contributed by atoms with Crippen LogP contribution in [0, 0.1) is 0 Å². The molecule has 0 bridgehead atoms. The number of anilines is 1. The number of benzene rings is 1. The first-order valence-electron chi connectivity index (χ1n) is 5.85. The Kier molecular flexibility index (Phi) is 3.52. The normalized spacial score (nSPS) is 15.8. The van der Waals surface area contributed by atoms with Crippen LogP contribution in [0.15, 0.2) is 18.2 Å². The average molecular weight is 235 g/mol. The summed E-state index contributed by atoms with van der Waals surface area (Å²) in [6.07, 6.45) is 4.30. The summed E-state index contributed by atoms with van der Waals surface area (Å²) in [5, 5.41) is 0. The van der Waals surface area contributed by atoms with Crippen LogP contribution in [-0.2, 0) is 4.74 Å². The Morgan fingerprint density at radius 1 is 1.35 bits per heavy atom. The summed E-state index contributed by atoms with van der Waals surface area (Å²) < 4.78 is 10.4. The van der Waals surface area contributed by atoms with Crippen molar-refractivity contribution < 1.29 is 14.3 Å². The first-order valence-corrected chi connectivity index (χ1v) is 5.85. The molecule has 1 aliphatic rings. The predicted octanol–water partition coefficient (Wildman–Crippen LogP) is 2.38. The van der Waals surface area contributed by atoms with Crippen LogP contribution in [0.2, 0.25) is 0 Å². The van der Waals surface area contributed by atoms with E-state index in [9.17, 15) is 4.79 Å². The first kappa shape index (κ1) is 11.8. The van der Waals surface area contributed by atoms with Gasteiger partial charge in [0.05, 0.1) is 18.4 Å². The minimum Gasteiger partial charge on any atom is -0.495 e. The van der Waals surface area contributed by atoms with Gasteiger partial charge in [-0.25, -0.2) is 4.79 Å². The fourth-order valence-corrected chi connectivity index (χ4v) is 2.09. The Balaban J connectivity index is 2.05. The van der Waals surface area contributed by atoms with Crippen molar-refractivity contribution in [1.82, 2.24) is 0 Å². The van der Waals surface area contributed by atoms with E-state index in [-0.39, 0.29) is 12.1 Å². The Labute approximate surface area is 101 Å². The van der Waals surface area contributed by atoms with Crippen LogP contribution in [0.4, 0.5) is 5.69 Å². The van der Waals surface area contributed by atoms with E-state index in [1.165, 1.54) is 0 Å². The smallest absolute Gasteiger partial charge is 0.338 e. The number of hydrogen-bond donors (Lipinski definition) is 1. The summed E-state index contributed by atoms with van der Waals surface area (Å²) in [6.45, 7) is 0. The lowest BCUT2D eigenvalue weighted by atomic mass is 10.2. The van der Waals surface area contributed by atoms with E-state index in [4.69, 9.17) is 15.2 Å². The van der Waals surface area contributed by atoms with Crippen LogP contribution >= 0.6 is 0 Å². The number of nitrogen functional groups attached to an aromatic ring is 1. The average Bonchev–Trinajstić information content (AvgIpc) is 2.81. The van der Waals surface area contributed by atoms with Crippen LogP contribution in [-0.4, -0.2) is 19.2 Å². The first-order chi connectivity index (χ1) is 8.20. The third-order valence-electron chi connectivity index (χ3n) is 3.04. The van der Waals surface area contributed by atoms with E-state index < -0.39 is 0 Å². The van der Waals surface area contributed by atoms with Gasteiger partial charge < -0.3 is 15.2 Å². The maximum atomic E-state index is 11.8. The predicted molar refractivity (Wildman–Crippen MR) is 65.1 cm³/mol. The van der Waals surface area contributed by atoms with Gasteiger partial charge in [-0.1, -0.05) is 0 Å². The lowest BCUT2D eigenvalue weighted by Crippen LogP contribution is -2.15. The van der Waals surface area contributed by atoms with Gasteiger partial charge >= 0.3 is 5.97 Å². The molecule has 92 valence electrons. The molecule has 0 spiro atoms. The van der Waals surface area contributed by atoms with Crippen molar-refractivity contribution in [3.05, 3.63) is 23.8 Å². The van der Waals surface area contributed by atoms with Crippen molar-refractivity contribution in [2.75, 3.05) is 12.8 Å². The summed E-state index contributed by atoms with van der Waals surface area (Å²) in [4.78, 5) is 11.8. The molecule has 17 heavy (non-hydrogen) atoms. The second-order valence-corrected chi connectivity index (χ2v) is 4.27. The third kappa shape index (κ3) is 2.70. The van der Waals surface area contributed by atoms with Gasteiger partial charge in [0.15, 0.2) is 0 Å². The number of esters is 1. The number of hydrogen-bond acceptors (Lipinski definition) is 4. The zero-order chi connectivity index (χ0) is 12.3. The van der Waals surface area contributed by atoms with E-state index in [0.717, 1.165) is 25.7 Å². The Morgan fingerprint density at radius 2 is 2.06 bits per heavy atom. The number of carbonyl (C=O) groups excluding carboxylic acids is 1. The molecular weight excluding hydrogens is 218 g/mol. The molecule has 0 radical (unpaired) electrons.